The molecule has 4 aromatic rings. The fraction of sp³-hybridized carbons (Fsp3) is 0.233. The molecule has 1 atom stereocenters. The highest BCUT2D eigenvalue weighted by atomic mass is 35.5. The van der Waals surface area contributed by atoms with E-state index in [0.717, 1.165) is 22.8 Å². The highest BCUT2D eigenvalue weighted by Crippen LogP contribution is 2.32. The molecule has 0 saturated carbocycles. The summed E-state index contributed by atoms with van der Waals surface area (Å²) in [4.78, 5) is 40.3. The maximum absolute atomic E-state index is 13.3. The van der Waals surface area contributed by atoms with E-state index >= 15 is 0 Å². The zero-order valence-electron chi connectivity index (χ0n) is 22.3. The van der Waals surface area contributed by atoms with Crippen molar-refractivity contribution in [3.8, 4) is 0 Å². The largest absolute Gasteiger partial charge is 0.480 e. The number of carbonyl (C=O) groups is 3. The number of halogens is 1. The summed E-state index contributed by atoms with van der Waals surface area (Å²) in [5.74, 6) is -2.06. The van der Waals surface area contributed by atoms with Gasteiger partial charge in [-0.25, -0.2) is 13.2 Å². The zero-order chi connectivity index (χ0) is 29.5. The summed E-state index contributed by atoms with van der Waals surface area (Å²) in [5.41, 5.74) is 4.08. The van der Waals surface area contributed by atoms with Gasteiger partial charge in [-0.2, -0.15) is 0 Å². The minimum atomic E-state index is -3.48. The van der Waals surface area contributed by atoms with Gasteiger partial charge in [0.25, 0.3) is 11.8 Å². The third-order valence-electron chi connectivity index (χ3n) is 7.34. The predicted molar refractivity (Wildman–Crippen MR) is 153 cm³/mol. The maximum Gasteiger partial charge on any atom is 0.326 e. The average molecular weight is 595 g/mol. The number of carboxylic acid groups (broad SMARTS) is 1. The van der Waals surface area contributed by atoms with E-state index in [4.69, 9.17) is 16.0 Å². The molecule has 9 nitrogen and oxygen atoms in total. The van der Waals surface area contributed by atoms with Crippen LogP contribution in [0.3, 0.4) is 0 Å². The molecule has 1 aromatic heterocycles. The van der Waals surface area contributed by atoms with Crippen molar-refractivity contribution in [1.29, 1.82) is 0 Å². The van der Waals surface area contributed by atoms with Gasteiger partial charge in [0, 0.05) is 36.7 Å². The van der Waals surface area contributed by atoms with Crippen molar-refractivity contribution in [2.45, 2.75) is 37.2 Å². The average Bonchev–Trinajstić information content (AvgIpc) is 3.39. The summed E-state index contributed by atoms with van der Waals surface area (Å²) in [7, 11) is -3.48. The molecule has 41 heavy (non-hydrogen) atoms. The summed E-state index contributed by atoms with van der Waals surface area (Å²) in [6.07, 6.45) is 3.02. The van der Waals surface area contributed by atoms with E-state index in [1.807, 2.05) is 12.1 Å². The molecule has 2 amide bonds. The molecular weight excluding hydrogens is 568 g/mol. The lowest BCUT2D eigenvalue weighted by atomic mass is 9.90. The van der Waals surface area contributed by atoms with Crippen molar-refractivity contribution in [3.63, 3.8) is 0 Å². The van der Waals surface area contributed by atoms with Crippen LogP contribution >= 0.6 is 11.6 Å². The van der Waals surface area contributed by atoms with E-state index in [2.05, 4.69) is 5.32 Å². The van der Waals surface area contributed by atoms with Gasteiger partial charge in [-0.05, 0) is 72.0 Å². The van der Waals surface area contributed by atoms with Crippen LogP contribution in [-0.2, 0) is 34.0 Å². The summed E-state index contributed by atoms with van der Waals surface area (Å²) in [5, 5.41) is 13.4. The fourth-order valence-electron chi connectivity index (χ4n) is 5.20. The van der Waals surface area contributed by atoms with Gasteiger partial charge in [0.15, 0.2) is 9.84 Å². The molecule has 0 aliphatic carbocycles. The summed E-state index contributed by atoms with van der Waals surface area (Å²) >= 11 is 6.56. The van der Waals surface area contributed by atoms with Gasteiger partial charge in [0.1, 0.15) is 11.6 Å². The number of amides is 2. The number of nitrogens with zero attached hydrogens (tertiary/aromatic N) is 1. The summed E-state index contributed by atoms with van der Waals surface area (Å²) < 4.78 is 29.2. The standard InChI is InChI=1S/C30H27ClN2O7S/c1-17-23-8-10-33(29(35)20-7-6-19-9-11-40-26(19)15-20)16-21(23)14-24(31)27(17)28(34)32-25(30(36)37)13-18-4-3-5-22(12-18)41(2,38)39/h3-7,9,11-12,14-15,25H,8,10,13,16H2,1-2H3,(H,32,34)(H,36,37). The number of nitrogens with one attached hydrogen (secondary N) is 1. The van der Waals surface area contributed by atoms with Gasteiger partial charge < -0.3 is 19.7 Å². The van der Waals surface area contributed by atoms with Crippen LogP contribution in [-0.4, -0.2) is 55.1 Å². The smallest absolute Gasteiger partial charge is 0.326 e. The van der Waals surface area contributed by atoms with Crippen LogP contribution in [0.25, 0.3) is 11.0 Å². The van der Waals surface area contributed by atoms with Crippen molar-refractivity contribution in [2.24, 2.45) is 0 Å². The van der Waals surface area contributed by atoms with Gasteiger partial charge in [-0.1, -0.05) is 29.8 Å². The second-order valence-electron chi connectivity index (χ2n) is 10.1. The number of benzene rings is 3. The SMILES string of the molecule is Cc1c2c(cc(Cl)c1C(=O)NC(Cc1cccc(S(C)(=O)=O)c1)C(=O)O)CN(C(=O)c1ccc3ccoc3c1)CC2. The Kier molecular flexibility index (Phi) is 7.63. The Bertz CT molecular complexity index is 1810. The molecule has 3 aromatic carbocycles. The van der Waals surface area contributed by atoms with E-state index in [0.29, 0.717) is 41.8 Å². The molecule has 0 bridgehead atoms. The Labute approximate surface area is 241 Å². The van der Waals surface area contributed by atoms with Crippen LogP contribution in [0.15, 0.2) is 70.2 Å². The topological polar surface area (TPSA) is 134 Å². The normalized spacial score (nSPS) is 14.0. The zero-order valence-corrected chi connectivity index (χ0v) is 23.9. The van der Waals surface area contributed by atoms with Gasteiger partial charge in [0.2, 0.25) is 0 Å². The lowest BCUT2D eigenvalue weighted by Crippen LogP contribution is -2.43. The first-order chi connectivity index (χ1) is 19.4. The van der Waals surface area contributed by atoms with E-state index in [-0.39, 0.29) is 27.8 Å². The van der Waals surface area contributed by atoms with Crippen LogP contribution < -0.4 is 5.32 Å². The first-order valence-corrected chi connectivity index (χ1v) is 15.1. The Morgan fingerprint density at radius 3 is 2.63 bits per heavy atom. The predicted octanol–water partition coefficient (Wildman–Crippen LogP) is 4.42. The lowest BCUT2D eigenvalue weighted by Gasteiger charge is -2.31. The van der Waals surface area contributed by atoms with Gasteiger partial charge >= 0.3 is 5.97 Å². The van der Waals surface area contributed by atoms with E-state index in [1.54, 1.807) is 42.4 Å². The Hall–Kier alpha value is -4.15. The number of carboxylic acids is 1. The Morgan fingerprint density at radius 2 is 1.90 bits per heavy atom. The molecule has 0 saturated heterocycles. The minimum absolute atomic E-state index is 0.0630. The first-order valence-electron chi connectivity index (χ1n) is 12.8. The van der Waals surface area contributed by atoms with Crippen LogP contribution in [0, 0.1) is 6.92 Å². The third kappa shape index (κ3) is 5.84. The van der Waals surface area contributed by atoms with Crippen LogP contribution in [0.2, 0.25) is 5.02 Å². The fourth-order valence-corrected chi connectivity index (χ4v) is 6.25. The first kappa shape index (κ1) is 28.4. The van der Waals surface area contributed by atoms with Crippen molar-refractivity contribution in [3.05, 3.63) is 99.3 Å². The number of rotatable bonds is 7. The molecule has 5 rings (SSSR count). The lowest BCUT2D eigenvalue weighted by molar-refractivity contribution is -0.139. The second kappa shape index (κ2) is 11.0. The third-order valence-corrected chi connectivity index (χ3v) is 8.74. The minimum Gasteiger partial charge on any atom is -0.480 e. The quantitative estimate of drug-likeness (QED) is 0.323. The summed E-state index contributed by atoms with van der Waals surface area (Å²) in [6.45, 7) is 2.49. The molecule has 11 heteroatoms. The molecule has 1 aliphatic heterocycles. The van der Waals surface area contributed by atoms with Crippen molar-refractivity contribution >= 4 is 50.2 Å². The van der Waals surface area contributed by atoms with Crippen molar-refractivity contribution in [2.75, 3.05) is 12.8 Å². The number of hydrogen-bond acceptors (Lipinski definition) is 6. The van der Waals surface area contributed by atoms with E-state index in [1.165, 1.54) is 18.2 Å². The second-order valence-corrected chi connectivity index (χ2v) is 12.6. The summed E-state index contributed by atoms with van der Waals surface area (Å²) in [6, 6.07) is 13.4. The molecule has 212 valence electrons. The van der Waals surface area contributed by atoms with Crippen molar-refractivity contribution in [1.82, 2.24) is 10.2 Å². The van der Waals surface area contributed by atoms with Crippen LogP contribution in [0.1, 0.15) is 43.0 Å². The molecular formula is C30H27ClN2O7S. The van der Waals surface area contributed by atoms with E-state index in [9.17, 15) is 27.9 Å². The molecule has 0 radical (unpaired) electrons. The molecule has 0 spiro atoms. The van der Waals surface area contributed by atoms with Gasteiger partial charge in [-0.15, -0.1) is 0 Å². The molecule has 1 aliphatic rings. The highest BCUT2D eigenvalue weighted by Gasteiger charge is 2.29. The van der Waals surface area contributed by atoms with Gasteiger partial charge in [-0.3, -0.25) is 9.59 Å². The number of hydrogen-bond donors (Lipinski definition) is 2. The molecule has 1 unspecified atom stereocenters. The highest BCUT2D eigenvalue weighted by molar-refractivity contribution is 7.90. The van der Waals surface area contributed by atoms with Crippen LogP contribution in [0.5, 0.6) is 0 Å². The van der Waals surface area contributed by atoms with Crippen LogP contribution in [0.4, 0.5) is 0 Å². The number of fused-ring (bicyclic) bond motifs is 2. The van der Waals surface area contributed by atoms with E-state index < -0.39 is 27.8 Å². The monoisotopic (exact) mass is 594 g/mol. The van der Waals surface area contributed by atoms with Crippen molar-refractivity contribution < 1.29 is 32.3 Å². The Balaban J connectivity index is 1.35. The maximum atomic E-state index is 13.3. The van der Waals surface area contributed by atoms with Gasteiger partial charge in [0.05, 0.1) is 21.7 Å². The molecule has 2 heterocycles. The Morgan fingerprint density at radius 1 is 1.12 bits per heavy atom. The number of aliphatic carboxylic acids is 1. The molecule has 2 N–H and O–H groups in total. The molecule has 0 fully saturated rings. The number of furan rings is 1. The number of carbonyl (C=O) groups excluding carboxylic acids is 2. The number of sulfone groups is 1.